The summed E-state index contributed by atoms with van der Waals surface area (Å²) in [4.78, 5) is 7.67. The molecule has 0 radical (unpaired) electrons. The van der Waals surface area contributed by atoms with Gasteiger partial charge in [-0.25, -0.2) is 4.98 Å². The smallest absolute Gasteiger partial charge is 0.422 e. The molecule has 1 heterocycles. The van der Waals surface area contributed by atoms with Crippen molar-refractivity contribution < 1.29 is 23.0 Å². The first-order chi connectivity index (χ1) is 15.3. The summed E-state index contributed by atoms with van der Waals surface area (Å²) in [5.74, 6) is 6.47. The predicted molar refractivity (Wildman–Crippen MR) is 116 cm³/mol. The zero-order valence-corrected chi connectivity index (χ0v) is 17.1. The number of aliphatic hydroxyl groups excluding tert-OH is 1. The summed E-state index contributed by atoms with van der Waals surface area (Å²) in [5, 5.41) is 10.0. The third-order valence-corrected chi connectivity index (χ3v) is 4.79. The normalized spacial score (nSPS) is 12.3. The number of aromatic nitrogens is 2. The van der Waals surface area contributed by atoms with Crippen LogP contribution in [0, 0.1) is 11.8 Å². The van der Waals surface area contributed by atoms with Crippen LogP contribution in [0.1, 0.15) is 30.0 Å². The number of fused-ring (bicyclic) bond motifs is 1. The van der Waals surface area contributed by atoms with Gasteiger partial charge in [0.05, 0.1) is 17.1 Å². The van der Waals surface area contributed by atoms with E-state index in [1.165, 1.54) is 12.1 Å². The van der Waals surface area contributed by atoms with Gasteiger partial charge in [0.2, 0.25) is 0 Å². The summed E-state index contributed by atoms with van der Waals surface area (Å²) >= 11 is 0. The number of benzene rings is 3. The number of H-pyrrole nitrogens is 1. The minimum atomic E-state index is -4.38. The Morgan fingerprint density at radius 1 is 1.03 bits per heavy atom. The number of alkyl halides is 3. The molecule has 0 aliphatic carbocycles. The molecule has 1 atom stereocenters. The van der Waals surface area contributed by atoms with Crippen molar-refractivity contribution in [3.05, 3.63) is 83.7 Å². The van der Waals surface area contributed by atoms with Crippen LogP contribution in [-0.4, -0.2) is 27.9 Å². The van der Waals surface area contributed by atoms with Gasteiger partial charge in [0.25, 0.3) is 0 Å². The second-order valence-corrected chi connectivity index (χ2v) is 7.26. The van der Waals surface area contributed by atoms with Crippen LogP contribution in [0.5, 0.6) is 5.75 Å². The Bertz CT molecular complexity index is 1300. The van der Waals surface area contributed by atoms with Crippen molar-refractivity contribution in [1.29, 1.82) is 0 Å². The highest BCUT2D eigenvalue weighted by Gasteiger charge is 2.28. The van der Waals surface area contributed by atoms with E-state index in [0.29, 0.717) is 11.4 Å². The summed E-state index contributed by atoms with van der Waals surface area (Å²) in [6.45, 7) is 0.398. The lowest BCUT2D eigenvalue weighted by Gasteiger charge is -2.11. The Balaban J connectivity index is 1.54. The van der Waals surface area contributed by atoms with E-state index in [4.69, 9.17) is 4.74 Å². The van der Waals surface area contributed by atoms with Crippen molar-refractivity contribution in [3.8, 4) is 28.7 Å². The van der Waals surface area contributed by atoms with Crippen LogP contribution >= 0.6 is 0 Å². The summed E-state index contributed by atoms with van der Waals surface area (Å²) in [5.41, 5.74) is 4.90. The molecule has 32 heavy (non-hydrogen) atoms. The fraction of sp³-hybridized carbons (Fsp3) is 0.160. The zero-order chi connectivity index (χ0) is 22.7. The van der Waals surface area contributed by atoms with Gasteiger partial charge in [0.1, 0.15) is 5.75 Å². The van der Waals surface area contributed by atoms with Crippen LogP contribution < -0.4 is 4.74 Å². The summed E-state index contributed by atoms with van der Waals surface area (Å²) in [7, 11) is 0. The minimum absolute atomic E-state index is 0.127. The Kier molecular flexibility index (Phi) is 5.89. The topological polar surface area (TPSA) is 58.1 Å². The number of ether oxygens (including phenoxy) is 1. The molecule has 4 nitrogen and oxygen atoms in total. The molecule has 0 fully saturated rings. The molecular weight excluding hydrogens is 417 g/mol. The Hall–Kier alpha value is -3.76. The lowest BCUT2D eigenvalue weighted by Crippen LogP contribution is -2.19. The maximum Gasteiger partial charge on any atom is 0.422 e. The molecular formula is C25H19F3N2O2. The van der Waals surface area contributed by atoms with Gasteiger partial charge in [-0.3, -0.25) is 0 Å². The second-order valence-electron chi connectivity index (χ2n) is 7.26. The SMILES string of the molecule is CC(O)c1ccccc1-c1ccc2[nH]c(C#Cc3ccc(OCC(F)(F)F)cc3)nc2c1. The number of imidazole rings is 1. The van der Waals surface area contributed by atoms with Crippen molar-refractivity contribution in [1.82, 2.24) is 9.97 Å². The van der Waals surface area contributed by atoms with Gasteiger partial charge in [-0.15, -0.1) is 0 Å². The number of nitrogens with one attached hydrogen (secondary N) is 1. The Labute approximate surface area is 182 Å². The van der Waals surface area contributed by atoms with Crippen molar-refractivity contribution in [2.45, 2.75) is 19.2 Å². The number of hydrogen-bond acceptors (Lipinski definition) is 3. The number of rotatable bonds is 4. The molecule has 0 aliphatic rings. The first-order valence-electron chi connectivity index (χ1n) is 9.87. The van der Waals surface area contributed by atoms with E-state index in [0.717, 1.165) is 27.7 Å². The average Bonchev–Trinajstić information content (AvgIpc) is 3.18. The highest BCUT2D eigenvalue weighted by molar-refractivity contribution is 5.83. The molecule has 4 rings (SSSR count). The fourth-order valence-electron chi connectivity index (χ4n) is 3.29. The van der Waals surface area contributed by atoms with Gasteiger partial charge in [0, 0.05) is 5.56 Å². The van der Waals surface area contributed by atoms with Crippen LogP contribution in [-0.2, 0) is 0 Å². The summed E-state index contributed by atoms with van der Waals surface area (Å²) in [6, 6.07) is 19.5. The standard InChI is InChI=1S/C25H19F3N2O2/c1-16(31)20-4-2-3-5-21(20)18-9-12-22-23(14-18)30-24(29-22)13-8-17-6-10-19(11-7-17)32-15-25(26,27)28/h2-7,9-12,14,16,31H,15H2,1H3,(H,29,30). The van der Waals surface area contributed by atoms with Crippen LogP contribution in [0.2, 0.25) is 0 Å². The molecule has 0 bridgehead atoms. The first-order valence-corrected chi connectivity index (χ1v) is 9.87. The summed E-state index contributed by atoms with van der Waals surface area (Å²) < 4.78 is 41.4. The number of hydrogen-bond donors (Lipinski definition) is 2. The van der Waals surface area contributed by atoms with E-state index in [9.17, 15) is 18.3 Å². The number of aliphatic hydroxyl groups is 1. The molecule has 0 amide bonds. The number of aromatic amines is 1. The molecule has 0 saturated carbocycles. The van der Waals surface area contributed by atoms with Crippen molar-refractivity contribution >= 4 is 11.0 Å². The molecule has 4 aromatic rings. The quantitative estimate of drug-likeness (QED) is 0.408. The van der Waals surface area contributed by atoms with Crippen LogP contribution in [0.3, 0.4) is 0 Å². The largest absolute Gasteiger partial charge is 0.484 e. The average molecular weight is 436 g/mol. The van der Waals surface area contributed by atoms with E-state index in [2.05, 4.69) is 21.8 Å². The summed E-state index contributed by atoms with van der Waals surface area (Å²) in [6.07, 6.45) is -4.97. The minimum Gasteiger partial charge on any atom is -0.484 e. The highest BCUT2D eigenvalue weighted by Crippen LogP contribution is 2.30. The third kappa shape index (κ3) is 5.10. The third-order valence-electron chi connectivity index (χ3n) is 4.79. The monoisotopic (exact) mass is 436 g/mol. The second kappa shape index (κ2) is 8.77. The van der Waals surface area contributed by atoms with Crippen molar-refractivity contribution in [3.63, 3.8) is 0 Å². The van der Waals surface area contributed by atoms with Gasteiger partial charge in [-0.05, 0) is 65.9 Å². The molecule has 0 aliphatic heterocycles. The molecule has 1 aromatic heterocycles. The van der Waals surface area contributed by atoms with Crippen LogP contribution in [0.15, 0.2) is 66.7 Å². The molecule has 2 N–H and O–H groups in total. The molecule has 7 heteroatoms. The van der Waals surface area contributed by atoms with E-state index in [1.54, 1.807) is 19.1 Å². The molecule has 1 unspecified atom stereocenters. The van der Waals surface area contributed by atoms with E-state index >= 15 is 0 Å². The van der Waals surface area contributed by atoms with Crippen LogP contribution in [0.25, 0.3) is 22.2 Å². The van der Waals surface area contributed by atoms with Crippen molar-refractivity contribution in [2.24, 2.45) is 0 Å². The van der Waals surface area contributed by atoms with Gasteiger partial charge < -0.3 is 14.8 Å². The highest BCUT2D eigenvalue weighted by atomic mass is 19.4. The molecule has 0 spiro atoms. The van der Waals surface area contributed by atoms with E-state index in [-0.39, 0.29) is 5.75 Å². The Morgan fingerprint density at radius 2 is 1.78 bits per heavy atom. The van der Waals surface area contributed by atoms with Gasteiger partial charge in [-0.1, -0.05) is 36.3 Å². The molecule has 3 aromatic carbocycles. The lowest BCUT2D eigenvalue weighted by molar-refractivity contribution is -0.153. The fourth-order valence-corrected chi connectivity index (χ4v) is 3.29. The van der Waals surface area contributed by atoms with E-state index in [1.807, 2.05) is 42.5 Å². The van der Waals surface area contributed by atoms with Crippen molar-refractivity contribution in [2.75, 3.05) is 6.61 Å². The lowest BCUT2D eigenvalue weighted by atomic mass is 9.96. The van der Waals surface area contributed by atoms with Gasteiger partial charge in [-0.2, -0.15) is 13.2 Å². The molecule has 162 valence electrons. The number of halogens is 3. The predicted octanol–water partition coefficient (Wildman–Crippen LogP) is 5.62. The van der Waals surface area contributed by atoms with Gasteiger partial charge in [0.15, 0.2) is 12.4 Å². The Morgan fingerprint density at radius 3 is 2.50 bits per heavy atom. The zero-order valence-electron chi connectivity index (χ0n) is 17.1. The van der Waals surface area contributed by atoms with Gasteiger partial charge >= 0.3 is 6.18 Å². The van der Waals surface area contributed by atoms with Crippen LogP contribution in [0.4, 0.5) is 13.2 Å². The first kappa shape index (κ1) is 21.5. The maximum atomic E-state index is 12.2. The maximum absolute atomic E-state index is 12.2. The molecule has 0 saturated heterocycles. The van der Waals surface area contributed by atoms with E-state index < -0.39 is 18.9 Å². The number of nitrogens with zero attached hydrogens (tertiary/aromatic N) is 1.